The molecule has 2 nitrogen and oxygen atoms in total. The summed E-state index contributed by atoms with van der Waals surface area (Å²) in [4.78, 5) is 2.36. The third kappa shape index (κ3) is 4.42. The summed E-state index contributed by atoms with van der Waals surface area (Å²) in [7, 11) is 0. The third-order valence-corrected chi connectivity index (χ3v) is 3.95. The summed E-state index contributed by atoms with van der Waals surface area (Å²) in [5, 5.41) is 0. The molecule has 19 heavy (non-hydrogen) atoms. The van der Waals surface area contributed by atoms with Crippen molar-refractivity contribution in [1.29, 1.82) is 0 Å². The summed E-state index contributed by atoms with van der Waals surface area (Å²) in [6.45, 7) is 5.95. The zero-order valence-corrected chi connectivity index (χ0v) is 13.7. The molecule has 1 aromatic rings. The predicted molar refractivity (Wildman–Crippen MR) is 83.2 cm³/mol. The minimum atomic E-state index is -0.212. The SMILES string of the molecule is CC(C)(N)CN1CCCC1c1ccc(Br)c(F)c1.Cl. The Kier molecular flexibility index (Phi) is 5.80. The molecule has 0 amide bonds. The highest BCUT2D eigenvalue weighted by Gasteiger charge is 2.29. The van der Waals surface area contributed by atoms with Gasteiger partial charge in [0, 0.05) is 18.1 Å². The van der Waals surface area contributed by atoms with Crippen molar-refractivity contribution in [3.8, 4) is 0 Å². The van der Waals surface area contributed by atoms with E-state index >= 15 is 0 Å². The number of hydrogen-bond acceptors (Lipinski definition) is 2. The molecule has 0 aliphatic carbocycles. The van der Waals surface area contributed by atoms with Crippen LogP contribution in [0.2, 0.25) is 0 Å². The molecule has 1 aromatic carbocycles. The molecule has 0 saturated carbocycles. The molecule has 108 valence electrons. The van der Waals surface area contributed by atoms with Gasteiger partial charge < -0.3 is 5.73 Å². The van der Waals surface area contributed by atoms with Crippen molar-refractivity contribution in [2.45, 2.75) is 38.3 Å². The molecule has 2 rings (SSSR count). The fourth-order valence-electron chi connectivity index (χ4n) is 2.64. The largest absolute Gasteiger partial charge is 0.324 e. The molecule has 1 atom stereocenters. The van der Waals surface area contributed by atoms with Crippen molar-refractivity contribution >= 4 is 28.3 Å². The average Bonchev–Trinajstić information content (AvgIpc) is 2.67. The van der Waals surface area contributed by atoms with Crippen LogP contribution in [0.4, 0.5) is 4.39 Å². The molecule has 1 fully saturated rings. The van der Waals surface area contributed by atoms with E-state index in [0.29, 0.717) is 10.5 Å². The minimum absolute atomic E-state index is 0. The number of rotatable bonds is 3. The molecule has 1 saturated heterocycles. The van der Waals surface area contributed by atoms with Gasteiger partial charge in [-0.25, -0.2) is 4.39 Å². The fraction of sp³-hybridized carbons (Fsp3) is 0.571. The van der Waals surface area contributed by atoms with E-state index in [0.717, 1.165) is 31.5 Å². The van der Waals surface area contributed by atoms with E-state index in [9.17, 15) is 4.39 Å². The first kappa shape index (κ1) is 16.9. The van der Waals surface area contributed by atoms with E-state index in [4.69, 9.17) is 5.73 Å². The summed E-state index contributed by atoms with van der Waals surface area (Å²) in [6.07, 6.45) is 2.23. The Hall–Kier alpha value is -0.160. The molecule has 0 bridgehead atoms. The Balaban J connectivity index is 0.00000180. The summed E-state index contributed by atoms with van der Waals surface area (Å²) in [6, 6.07) is 5.72. The van der Waals surface area contributed by atoms with Crippen molar-refractivity contribution in [2.24, 2.45) is 5.73 Å². The molecule has 5 heteroatoms. The van der Waals surface area contributed by atoms with Gasteiger partial charge in [0.15, 0.2) is 0 Å². The van der Waals surface area contributed by atoms with Gasteiger partial charge in [-0.05, 0) is 66.9 Å². The third-order valence-electron chi connectivity index (χ3n) is 3.30. The molecule has 1 unspecified atom stereocenters. The highest BCUT2D eigenvalue weighted by atomic mass is 79.9. The maximum absolute atomic E-state index is 13.6. The quantitative estimate of drug-likeness (QED) is 0.895. The smallest absolute Gasteiger partial charge is 0.137 e. The second-order valence-electron chi connectivity index (χ2n) is 5.79. The lowest BCUT2D eigenvalue weighted by atomic mass is 10.0. The molecule has 1 aliphatic rings. The fourth-order valence-corrected chi connectivity index (χ4v) is 2.88. The molecule has 1 aliphatic heterocycles. The summed E-state index contributed by atoms with van der Waals surface area (Å²) >= 11 is 3.19. The first-order valence-electron chi connectivity index (χ1n) is 6.35. The standard InChI is InChI=1S/C14H20BrFN2.ClH/c1-14(2,17)9-18-7-3-4-13(18)10-5-6-11(15)12(16)8-10;/h5-6,8,13H,3-4,7,9,17H2,1-2H3;1H. The van der Waals surface area contributed by atoms with Gasteiger partial charge in [-0.15, -0.1) is 12.4 Å². The number of halogens is 3. The Labute approximate surface area is 129 Å². The summed E-state index contributed by atoms with van der Waals surface area (Å²) in [5.74, 6) is -0.189. The monoisotopic (exact) mass is 350 g/mol. The van der Waals surface area contributed by atoms with Gasteiger partial charge in [-0.2, -0.15) is 0 Å². The molecular weight excluding hydrogens is 331 g/mol. The molecule has 0 aromatic heterocycles. The topological polar surface area (TPSA) is 29.3 Å². The number of benzene rings is 1. The van der Waals surface area contributed by atoms with Crippen LogP contribution in [0.15, 0.2) is 22.7 Å². The van der Waals surface area contributed by atoms with Gasteiger partial charge in [0.25, 0.3) is 0 Å². The van der Waals surface area contributed by atoms with Crippen molar-refractivity contribution < 1.29 is 4.39 Å². The van der Waals surface area contributed by atoms with E-state index in [1.165, 1.54) is 0 Å². The van der Waals surface area contributed by atoms with Crippen LogP contribution in [0.1, 0.15) is 38.3 Å². The first-order chi connectivity index (χ1) is 8.37. The number of likely N-dealkylation sites (tertiary alicyclic amines) is 1. The van der Waals surface area contributed by atoms with Crippen LogP contribution < -0.4 is 5.73 Å². The van der Waals surface area contributed by atoms with E-state index in [2.05, 4.69) is 20.8 Å². The number of nitrogens with two attached hydrogens (primary N) is 1. The zero-order chi connectivity index (χ0) is 13.3. The molecule has 0 spiro atoms. The van der Waals surface area contributed by atoms with E-state index in [1.807, 2.05) is 19.9 Å². The lowest BCUT2D eigenvalue weighted by Gasteiger charge is -2.31. The van der Waals surface area contributed by atoms with E-state index in [-0.39, 0.29) is 23.8 Å². The Bertz CT molecular complexity index is 434. The Morgan fingerprint density at radius 3 is 2.74 bits per heavy atom. The zero-order valence-electron chi connectivity index (χ0n) is 11.3. The average molecular weight is 352 g/mol. The van der Waals surface area contributed by atoms with Crippen LogP contribution in [-0.4, -0.2) is 23.5 Å². The van der Waals surface area contributed by atoms with Crippen molar-refractivity contribution in [3.05, 3.63) is 34.1 Å². The minimum Gasteiger partial charge on any atom is -0.324 e. The van der Waals surface area contributed by atoms with Gasteiger partial charge >= 0.3 is 0 Å². The van der Waals surface area contributed by atoms with Gasteiger partial charge in [0.05, 0.1) is 4.47 Å². The Morgan fingerprint density at radius 1 is 1.47 bits per heavy atom. The summed E-state index contributed by atoms with van der Waals surface area (Å²) < 4.78 is 14.1. The maximum Gasteiger partial charge on any atom is 0.137 e. The lowest BCUT2D eigenvalue weighted by molar-refractivity contribution is 0.211. The van der Waals surface area contributed by atoms with Gasteiger partial charge in [0.1, 0.15) is 5.82 Å². The van der Waals surface area contributed by atoms with Crippen molar-refractivity contribution in [3.63, 3.8) is 0 Å². The second kappa shape index (κ2) is 6.53. The second-order valence-corrected chi connectivity index (χ2v) is 6.64. The van der Waals surface area contributed by atoms with Gasteiger partial charge in [-0.3, -0.25) is 4.90 Å². The molecule has 2 N–H and O–H groups in total. The van der Waals surface area contributed by atoms with E-state index in [1.54, 1.807) is 12.1 Å². The summed E-state index contributed by atoms with van der Waals surface area (Å²) in [5.41, 5.74) is 6.93. The van der Waals surface area contributed by atoms with Crippen LogP contribution in [0.5, 0.6) is 0 Å². The molecule has 0 radical (unpaired) electrons. The maximum atomic E-state index is 13.6. The molecule has 1 heterocycles. The van der Waals surface area contributed by atoms with E-state index < -0.39 is 0 Å². The van der Waals surface area contributed by atoms with Crippen LogP contribution in [0, 0.1) is 5.82 Å². The predicted octanol–water partition coefficient (Wildman–Crippen LogP) is 3.88. The first-order valence-corrected chi connectivity index (χ1v) is 7.14. The van der Waals surface area contributed by atoms with Crippen LogP contribution in [-0.2, 0) is 0 Å². The van der Waals surface area contributed by atoms with Crippen molar-refractivity contribution in [2.75, 3.05) is 13.1 Å². The normalized spacial score (nSPS) is 20.4. The van der Waals surface area contributed by atoms with Gasteiger partial charge in [-0.1, -0.05) is 6.07 Å². The van der Waals surface area contributed by atoms with Gasteiger partial charge in [0.2, 0.25) is 0 Å². The lowest BCUT2D eigenvalue weighted by Crippen LogP contribution is -2.45. The van der Waals surface area contributed by atoms with Crippen LogP contribution in [0.3, 0.4) is 0 Å². The molecular formula is C14H21BrClFN2. The Morgan fingerprint density at radius 2 is 2.16 bits per heavy atom. The van der Waals surface area contributed by atoms with Crippen molar-refractivity contribution in [1.82, 2.24) is 4.90 Å². The number of nitrogens with zero attached hydrogens (tertiary/aromatic N) is 1. The number of hydrogen-bond donors (Lipinski definition) is 1. The van der Waals surface area contributed by atoms with Crippen LogP contribution >= 0.6 is 28.3 Å². The highest BCUT2D eigenvalue weighted by molar-refractivity contribution is 9.10. The highest BCUT2D eigenvalue weighted by Crippen LogP contribution is 2.33. The van der Waals surface area contributed by atoms with Crippen LogP contribution in [0.25, 0.3) is 0 Å².